The van der Waals surface area contributed by atoms with Crippen molar-refractivity contribution in [3.05, 3.63) is 85.6 Å². The van der Waals surface area contributed by atoms with Crippen LogP contribution >= 0.6 is 0 Å². The highest BCUT2D eigenvalue weighted by Gasteiger charge is 2.38. The number of carbonyl (C=O) groups is 2. The van der Waals surface area contributed by atoms with Crippen molar-refractivity contribution >= 4 is 11.8 Å². The first kappa shape index (κ1) is 37.9. The molecule has 1 aromatic heterocycles. The van der Waals surface area contributed by atoms with E-state index < -0.39 is 65.0 Å². The lowest BCUT2D eigenvalue weighted by Crippen LogP contribution is -2.49. The van der Waals surface area contributed by atoms with Crippen LogP contribution in [0.1, 0.15) is 90.6 Å². The number of carbonyl (C=O) groups excluding carboxylic acids is 1. The van der Waals surface area contributed by atoms with E-state index in [0.717, 1.165) is 16.3 Å². The molecule has 0 amide bonds. The summed E-state index contributed by atoms with van der Waals surface area (Å²) in [7, 11) is 0. The molecule has 0 aliphatic carbocycles. The summed E-state index contributed by atoms with van der Waals surface area (Å²) < 4.78 is 72.9. The number of aliphatic carboxylic acids is 1. The quantitative estimate of drug-likeness (QED) is 0.175. The van der Waals surface area contributed by atoms with Crippen LogP contribution in [0, 0.1) is 39.4 Å². The Hall–Kier alpha value is -3.93. The van der Waals surface area contributed by atoms with Gasteiger partial charge < -0.3 is 5.11 Å². The minimum atomic E-state index is -5.06. The van der Waals surface area contributed by atoms with Gasteiger partial charge in [0.25, 0.3) is 5.56 Å². The molecular weight excluding hydrogens is 645 g/mol. The van der Waals surface area contributed by atoms with Gasteiger partial charge in [-0.3, -0.25) is 19.3 Å². The van der Waals surface area contributed by atoms with Crippen molar-refractivity contribution in [1.29, 1.82) is 0 Å². The van der Waals surface area contributed by atoms with Gasteiger partial charge in [-0.2, -0.15) is 18.3 Å². The number of alkyl halides is 4. The summed E-state index contributed by atoms with van der Waals surface area (Å²) >= 11 is 0. The van der Waals surface area contributed by atoms with Gasteiger partial charge in [0.15, 0.2) is 5.78 Å². The Balaban J connectivity index is 1.70. The molecule has 0 saturated carbocycles. The smallest absolute Gasteiger partial charge is 0.419 e. The number of halogens is 5. The van der Waals surface area contributed by atoms with Crippen LogP contribution in [0.3, 0.4) is 0 Å². The molecule has 7 nitrogen and oxygen atoms in total. The van der Waals surface area contributed by atoms with E-state index in [1.165, 1.54) is 12.1 Å². The first-order valence-electron chi connectivity index (χ1n) is 16.5. The molecule has 1 aliphatic rings. The lowest BCUT2D eigenvalue weighted by molar-refractivity contribution is -0.140. The number of aryl methyl sites for hydroxylation is 4. The van der Waals surface area contributed by atoms with E-state index in [2.05, 4.69) is 5.10 Å². The molecule has 49 heavy (non-hydrogen) atoms. The lowest BCUT2D eigenvalue weighted by Gasteiger charge is -2.34. The standard InChI is InChI=1S/C37H44F5N3O4/c1-20(2)11-31(45-33(47)14-22(4)30(43-45)9-10-44-18-27(38)19-44)32(46)8-7-25(17-34(48)49)28-15-26(16-29(36(28)39)37(40,41)42)35-23(5)12-21(3)13-24(35)6/h12-16,20,25,27,31H,7-11,17-19H2,1-6H3,(H,48,49)/t25-,31-/m0/s1. The van der Waals surface area contributed by atoms with Crippen LogP contribution in [0.5, 0.6) is 0 Å². The summed E-state index contributed by atoms with van der Waals surface area (Å²) in [6.07, 6.45) is -6.59. The molecular formula is C37H44F5N3O4. The number of Topliss-reactive ketones (excluding diaryl/α,β-unsaturated/α-hetero) is 1. The molecule has 2 aromatic carbocycles. The maximum Gasteiger partial charge on any atom is 0.419 e. The van der Waals surface area contributed by atoms with Gasteiger partial charge in [-0.15, -0.1) is 0 Å². The van der Waals surface area contributed by atoms with E-state index >= 15 is 4.39 Å². The molecule has 1 N–H and O–H groups in total. The Morgan fingerprint density at radius 1 is 1.00 bits per heavy atom. The number of benzene rings is 2. The SMILES string of the molecule is Cc1cc(C)c(-c2cc([C@@H](CCC(=O)[C@H](CC(C)C)n3nc(CCN4CC(F)C4)c(C)cc3=O)CC(=O)O)c(F)c(C(F)(F)F)c2)c(C)c1. The normalized spacial score (nSPS) is 15.3. The summed E-state index contributed by atoms with van der Waals surface area (Å²) in [5, 5.41) is 14.3. The second-order valence-electron chi connectivity index (χ2n) is 13.8. The Morgan fingerprint density at radius 2 is 1.63 bits per heavy atom. The number of carboxylic acids is 1. The maximum atomic E-state index is 15.8. The minimum absolute atomic E-state index is 0.0609. The molecule has 1 aliphatic heterocycles. The summed E-state index contributed by atoms with van der Waals surface area (Å²) in [6, 6.07) is 5.97. The highest BCUT2D eigenvalue weighted by atomic mass is 19.4. The average molecular weight is 690 g/mol. The first-order valence-corrected chi connectivity index (χ1v) is 16.5. The van der Waals surface area contributed by atoms with Gasteiger partial charge in [0.1, 0.15) is 18.0 Å². The number of hydrogen-bond acceptors (Lipinski definition) is 5. The number of likely N-dealkylation sites (tertiary alicyclic amines) is 1. The zero-order valence-electron chi connectivity index (χ0n) is 28.8. The maximum absolute atomic E-state index is 15.8. The summed E-state index contributed by atoms with van der Waals surface area (Å²) in [5.41, 5.74) is 1.59. The van der Waals surface area contributed by atoms with Crippen LogP contribution in [0.15, 0.2) is 35.1 Å². The van der Waals surface area contributed by atoms with Crippen LogP contribution in [-0.4, -0.2) is 57.3 Å². The lowest BCUT2D eigenvalue weighted by atomic mass is 9.84. The van der Waals surface area contributed by atoms with Crippen molar-refractivity contribution in [2.45, 2.75) is 98.0 Å². The molecule has 1 fully saturated rings. The molecule has 266 valence electrons. The largest absolute Gasteiger partial charge is 0.481 e. The highest BCUT2D eigenvalue weighted by Crippen LogP contribution is 2.41. The molecule has 12 heteroatoms. The van der Waals surface area contributed by atoms with Crippen molar-refractivity contribution in [3.8, 4) is 11.1 Å². The summed E-state index contributed by atoms with van der Waals surface area (Å²) in [5.74, 6) is -4.73. The first-order chi connectivity index (χ1) is 22.8. The van der Waals surface area contributed by atoms with E-state index in [1.54, 1.807) is 32.9 Å². The third-order valence-corrected chi connectivity index (χ3v) is 9.16. The molecule has 0 bridgehead atoms. The van der Waals surface area contributed by atoms with E-state index in [-0.39, 0.29) is 30.7 Å². The van der Waals surface area contributed by atoms with Crippen LogP contribution in [0.2, 0.25) is 0 Å². The van der Waals surface area contributed by atoms with Crippen molar-refractivity contribution in [2.75, 3.05) is 19.6 Å². The third-order valence-electron chi connectivity index (χ3n) is 9.16. The zero-order valence-corrected chi connectivity index (χ0v) is 28.8. The topological polar surface area (TPSA) is 92.5 Å². The third kappa shape index (κ3) is 9.20. The number of rotatable bonds is 14. The Kier molecular flexibility index (Phi) is 11.8. The van der Waals surface area contributed by atoms with Crippen LogP contribution in [0.25, 0.3) is 11.1 Å². The summed E-state index contributed by atoms with van der Waals surface area (Å²) in [6.45, 7) is 12.0. The fourth-order valence-corrected chi connectivity index (χ4v) is 6.82. The van der Waals surface area contributed by atoms with Gasteiger partial charge >= 0.3 is 12.1 Å². The molecule has 0 spiro atoms. The fraction of sp³-hybridized carbons (Fsp3) is 0.514. The van der Waals surface area contributed by atoms with Gasteiger partial charge in [0, 0.05) is 38.5 Å². The highest BCUT2D eigenvalue weighted by molar-refractivity contribution is 5.82. The number of hydrogen-bond donors (Lipinski definition) is 1. The van der Waals surface area contributed by atoms with E-state index in [4.69, 9.17) is 0 Å². The Labute approximate surface area is 283 Å². The number of carboxylic acid groups (broad SMARTS) is 1. The van der Waals surface area contributed by atoms with E-state index in [1.807, 2.05) is 25.7 Å². The van der Waals surface area contributed by atoms with Crippen molar-refractivity contribution in [2.24, 2.45) is 5.92 Å². The molecule has 0 unspecified atom stereocenters. The van der Waals surface area contributed by atoms with Crippen LogP contribution < -0.4 is 5.56 Å². The second-order valence-corrected chi connectivity index (χ2v) is 13.8. The van der Waals surface area contributed by atoms with Gasteiger partial charge in [-0.25, -0.2) is 13.5 Å². The molecule has 2 heterocycles. The number of nitrogens with zero attached hydrogens (tertiary/aromatic N) is 3. The summed E-state index contributed by atoms with van der Waals surface area (Å²) in [4.78, 5) is 40.9. The van der Waals surface area contributed by atoms with Crippen LogP contribution in [-0.2, 0) is 22.2 Å². The minimum Gasteiger partial charge on any atom is -0.481 e. The van der Waals surface area contributed by atoms with Gasteiger partial charge in [-0.1, -0.05) is 31.5 Å². The van der Waals surface area contributed by atoms with Crippen LogP contribution in [0.4, 0.5) is 22.0 Å². The Bertz CT molecular complexity index is 1740. The van der Waals surface area contributed by atoms with Gasteiger partial charge in [-0.05, 0) is 97.9 Å². The molecule has 1 saturated heterocycles. The van der Waals surface area contributed by atoms with E-state index in [0.29, 0.717) is 54.0 Å². The predicted molar refractivity (Wildman–Crippen MR) is 177 cm³/mol. The molecule has 0 radical (unpaired) electrons. The number of ketones is 1. The Morgan fingerprint density at radius 3 is 2.18 bits per heavy atom. The molecule has 3 aromatic rings. The van der Waals surface area contributed by atoms with Gasteiger partial charge in [0.05, 0.1) is 17.7 Å². The van der Waals surface area contributed by atoms with Crippen molar-refractivity contribution in [1.82, 2.24) is 14.7 Å². The zero-order chi connectivity index (χ0) is 36.4. The average Bonchev–Trinajstić information content (AvgIpc) is 2.95. The van der Waals surface area contributed by atoms with Crippen molar-refractivity contribution in [3.63, 3.8) is 0 Å². The molecule has 2 atom stereocenters. The second kappa shape index (κ2) is 15.3. The van der Waals surface area contributed by atoms with E-state index in [9.17, 15) is 37.1 Å². The fourth-order valence-electron chi connectivity index (χ4n) is 6.82. The monoisotopic (exact) mass is 689 g/mol. The predicted octanol–water partition coefficient (Wildman–Crippen LogP) is 7.69. The molecule has 4 rings (SSSR count). The number of aromatic nitrogens is 2. The van der Waals surface area contributed by atoms with Crippen molar-refractivity contribution < 1.29 is 36.6 Å². The van der Waals surface area contributed by atoms with Gasteiger partial charge in [0.2, 0.25) is 0 Å².